The zero-order valence-corrected chi connectivity index (χ0v) is 10.1. The van der Waals surface area contributed by atoms with Crippen LogP contribution in [-0.4, -0.2) is 54.3 Å². The highest BCUT2D eigenvalue weighted by atomic mass is 16.5. The summed E-state index contributed by atoms with van der Waals surface area (Å²) in [6.45, 7) is 3.02. The van der Waals surface area contributed by atoms with E-state index in [1.807, 2.05) is 0 Å². The van der Waals surface area contributed by atoms with Crippen LogP contribution in [0.2, 0.25) is 0 Å². The van der Waals surface area contributed by atoms with Crippen LogP contribution in [-0.2, 0) is 16.1 Å². The van der Waals surface area contributed by atoms with Crippen molar-refractivity contribution in [1.29, 1.82) is 0 Å². The van der Waals surface area contributed by atoms with E-state index in [-0.39, 0.29) is 5.91 Å². The lowest BCUT2D eigenvalue weighted by molar-refractivity contribution is -0.120. The summed E-state index contributed by atoms with van der Waals surface area (Å²) in [7, 11) is 1.63. The van der Waals surface area contributed by atoms with Crippen LogP contribution in [0.5, 0.6) is 0 Å². The standard InChI is InChI=1S/C10H19N5O2/c1-17-8-5-11-9-10(16)12-3-2-6-15-7-4-13-14-15/h4,7,11H,2-3,5-6,8-9H2,1H3,(H,12,16). The highest BCUT2D eigenvalue weighted by Gasteiger charge is 1.99. The van der Waals surface area contributed by atoms with E-state index in [2.05, 4.69) is 20.9 Å². The highest BCUT2D eigenvalue weighted by Crippen LogP contribution is 1.85. The number of amides is 1. The predicted molar refractivity (Wildman–Crippen MR) is 62.4 cm³/mol. The molecule has 7 nitrogen and oxygen atoms in total. The number of aromatic nitrogens is 3. The van der Waals surface area contributed by atoms with E-state index in [0.717, 1.165) is 13.0 Å². The first-order valence-electron chi connectivity index (χ1n) is 5.63. The third kappa shape index (κ3) is 6.64. The van der Waals surface area contributed by atoms with Gasteiger partial charge in [-0.15, -0.1) is 5.10 Å². The van der Waals surface area contributed by atoms with Crippen LogP contribution < -0.4 is 10.6 Å². The van der Waals surface area contributed by atoms with Gasteiger partial charge in [0.05, 0.1) is 19.3 Å². The van der Waals surface area contributed by atoms with E-state index in [0.29, 0.717) is 26.2 Å². The maximum Gasteiger partial charge on any atom is 0.233 e. The Balaban J connectivity index is 1.93. The molecule has 1 aromatic rings. The van der Waals surface area contributed by atoms with Crippen LogP contribution >= 0.6 is 0 Å². The topological polar surface area (TPSA) is 81.1 Å². The third-order valence-electron chi connectivity index (χ3n) is 2.13. The van der Waals surface area contributed by atoms with E-state index in [4.69, 9.17) is 4.74 Å². The molecule has 1 amide bonds. The lowest BCUT2D eigenvalue weighted by atomic mass is 10.4. The Morgan fingerprint density at radius 1 is 1.47 bits per heavy atom. The number of carbonyl (C=O) groups excluding carboxylic acids is 1. The van der Waals surface area contributed by atoms with E-state index in [1.54, 1.807) is 24.2 Å². The van der Waals surface area contributed by atoms with Gasteiger partial charge in [0.2, 0.25) is 5.91 Å². The Kier molecular flexibility index (Phi) is 6.92. The van der Waals surface area contributed by atoms with Crippen molar-refractivity contribution in [2.24, 2.45) is 0 Å². The molecule has 2 N–H and O–H groups in total. The van der Waals surface area contributed by atoms with Gasteiger partial charge in [0.25, 0.3) is 0 Å². The van der Waals surface area contributed by atoms with Crippen molar-refractivity contribution in [2.75, 3.05) is 33.4 Å². The minimum Gasteiger partial charge on any atom is -0.383 e. The molecule has 0 saturated carbocycles. The molecule has 0 radical (unpaired) electrons. The first kappa shape index (κ1) is 13.6. The number of hydrogen-bond donors (Lipinski definition) is 2. The number of nitrogens with zero attached hydrogens (tertiary/aromatic N) is 3. The second-order valence-electron chi connectivity index (χ2n) is 3.54. The smallest absolute Gasteiger partial charge is 0.233 e. The normalized spacial score (nSPS) is 10.4. The molecule has 1 heterocycles. The molecule has 1 rings (SSSR count). The summed E-state index contributed by atoms with van der Waals surface area (Å²) in [5, 5.41) is 13.3. The quantitative estimate of drug-likeness (QED) is 0.543. The molecule has 96 valence electrons. The van der Waals surface area contributed by atoms with Crippen LogP contribution in [0.25, 0.3) is 0 Å². The Bertz CT molecular complexity index is 302. The molecule has 0 aliphatic heterocycles. The van der Waals surface area contributed by atoms with Gasteiger partial charge in [-0.2, -0.15) is 0 Å². The van der Waals surface area contributed by atoms with E-state index in [9.17, 15) is 4.79 Å². The van der Waals surface area contributed by atoms with Crippen LogP contribution in [0, 0.1) is 0 Å². The fraction of sp³-hybridized carbons (Fsp3) is 0.700. The molecule has 7 heteroatoms. The monoisotopic (exact) mass is 241 g/mol. The van der Waals surface area contributed by atoms with Crippen molar-refractivity contribution in [2.45, 2.75) is 13.0 Å². The fourth-order valence-corrected chi connectivity index (χ4v) is 1.26. The van der Waals surface area contributed by atoms with Gasteiger partial charge in [0.1, 0.15) is 0 Å². The number of methoxy groups -OCH3 is 1. The van der Waals surface area contributed by atoms with Crippen molar-refractivity contribution in [3.63, 3.8) is 0 Å². The number of aryl methyl sites for hydroxylation is 1. The average molecular weight is 241 g/mol. The first-order chi connectivity index (χ1) is 8.33. The number of hydrogen-bond acceptors (Lipinski definition) is 5. The summed E-state index contributed by atoms with van der Waals surface area (Å²) in [4.78, 5) is 11.3. The molecule has 0 saturated heterocycles. The molecule has 0 atom stereocenters. The minimum absolute atomic E-state index is 0.000284. The van der Waals surface area contributed by atoms with Crippen molar-refractivity contribution in [3.05, 3.63) is 12.4 Å². The van der Waals surface area contributed by atoms with Crippen LogP contribution in [0.3, 0.4) is 0 Å². The summed E-state index contributed by atoms with van der Waals surface area (Å²) < 4.78 is 6.59. The summed E-state index contributed by atoms with van der Waals surface area (Å²) in [6.07, 6.45) is 4.28. The van der Waals surface area contributed by atoms with Gasteiger partial charge in [0, 0.05) is 32.9 Å². The molecule has 1 aromatic heterocycles. The second-order valence-corrected chi connectivity index (χ2v) is 3.54. The molecule has 0 bridgehead atoms. The number of carbonyl (C=O) groups is 1. The van der Waals surface area contributed by atoms with Crippen LogP contribution in [0.15, 0.2) is 12.4 Å². The second kappa shape index (κ2) is 8.66. The fourth-order valence-electron chi connectivity index (χ4n) is 1.26. The maximum absolute atomic E-state index is 11.3. The maximum atomic E-state index is 11.3. The third-order valence-corrected chi connectivity index (χ3v) is 2.13. The van der Waals surface area contributed by atoms with Crippen LogP contribution in [0.4, 0.5) is 0 Å². The van der Waals surface area contributed by atoms with Crippen molar-refractivity contribution >= 4 is 5.91 Å². The molecule has 0 unspecified atom stereocenters. The lowest BCUT2D eigenvalue weighted by Gasteiger charge is -2.06. The lowest BCUT2D eigenvalue weighted by Crippen LogP contribution is -2.35. The van der Waals surface area contributed by atoms with Gasteiger partial charge >= 0.3 is 0 Å². The summed E-state index contributed by atoms with van der Waals surface area (Å²) in [5.41, 5.74) is 0. The predicted octanol–water partition coefficient (Wildman–Crippen LogP) is -0.980. The van der Waals surface area contributed by atoms with Crippen molar-refractivity contribution in [3.8, 4) is 0 Å². The SMILES string of the molecule is COCCNCC(=O)NCCCn1ccnn1. The Morgan fingerprint density at radius 3 is 3.06 bits per heavy atom. The number of ether oxygens (including phenoxy) is 1. The van der Waals surface area contributed by atoms with Gasteiger partial charge in [0.15, 0.2) is 0 Å². The molecule has 0 fully saturated rings. The van der Waals surface area contributed by atoms with Crippen molar-refractivity contribution in [1.82, 2.24) is 25.6 Å². The van der Waals surface area contributed by atoms with Gasteiger partial charge in [-0.3, -0.25) is 9.48 Å². The highest BCUT2D eigenvalue weighted by molar-refractivity contribution is 5.77. The number of nitrogens with one attached hydrogen (secondary N) is 2. The minimum atomic E-state index is -0.000284. The molecule has 0 aromatic carbocycles. The van der Waals surface area contributed by atoms with Gasteiger partial charge in [-0.05, 0) is 6.42 Å². The number of rotatable bonds is 9. The van der Waals surface area contributed by atoms with Gasteiger partial charge < -0.3 is 15.4 Å². The molecule has 0 aliphatic carbocycles. The van der Waals surface area contributed by atoms with Crippen LogP contribution in [0.1, 0.15) is 6.42 Å². The average Bonchev–Trinajstić information content (AvgIpc) is 2.83. The molecule has 0 spiro atoms. The van der Waals surface area contributed by atoms with E-state index >= 15 is 0 Å². The summed E-state index contributed by atoms with van der Waals surface area (Å²) in [6, 6.07) is 0. The van der Waals surface area contributed by atoms with E-state index in [1.165, 1.54) is 0 Å². The van der Waals surface area contributed by atoms with Gasteiger partial charge in [-0.25, -0.2) is 0 Å². The first-order valence-corrected chi connectivity index (χ1v) is 5.63. The molecule has 0 aliphatic rings. The zero-order valence-electron chi connectivity index (χ0n) is 10.1. The molecular formula is C10H19N5O2. The molecule has 17 heavy (non-hydrogen) atoms. The van der Waals surface area contributed by atoms with Gasteiger partial charge in [-0.1, -0.05) is 5.21 Å². The Morgan fingerprint density at radius 2 is 2.35 bits per heavy atom. The summed E-state index contributed by atoms with van der Waals surface area (Å²) >= 11 is 0. The largest absolute Gasteiger partial charge is 0.383 e. The Labute approximate surface area is 101 Å². The Hall–Kier alpha value is -1.47. The zero-order chi connectivity index (χ0) is 12.3. The van der Waals surface area contributed by atoms with Crippen molar-refractivity contribution < 1.29 is 9.53 Å². The molecular weight excluding hydrogens is 222 g/mol. The summed E-state index contributed by atoms with van der Waals surface area (Å²) in [5.74, 6) is -0.000284. The van der Waals surface area contributed by atoms with E-state index < -0.39 is 0 Å².